The first-order valence-corrected chi connectivity index (χ1v) is 10.00. The number of fused-ring (bicyclic) bond motifs is 1. The van der Waals surface area contributed by atoms with Gasteiger partial charge in [-0.25, -0.2) is 0 Å². The molecule has 3 rings (SSSR count). The zero-order chi connectivity index (χ0) is 21.3. The van der Waals surface area contributed by atoms with Gasteiger partial charge in [0.05, 0.1) is 16.2 Å². The molecule has 0 radical (unpaired) electrons. The summed E-state index contributed by atoms with van der Waals surface area (Å²) in [5, 5.41) is 34.2. The van der Waals surface area contributed by atoms with Crippen molar-refractivity contribution in [3.05, 3.63) is 70.3 Å². The number of nitrogens with one attached hydrogen (secondary N) is 1. The van der Waals surface area contributed by atoms with Crippen LogP contribution >= 0.6 is 0 Å². The summed E-state index contributed by atoms with van der Waals surface area (Å²) in [7, 11) is 0. The molecule has 0 fully saturated rings. The average Bonchev–Trinajstić information content (AvgIpc) is 2.77. The van der Waals surface area contributed by atoms with E-state index in [-0.39, 0.29) is 11.3 Å². The van der Waals surface area contributed by atoms with Gasteiger partial charge < -0.3 is 5.32 Å². The summed E-state index contributed by atoms with van der Waals surface area (Å²) < 4.78 is 0. The van der Waals surface area contributed by atoms with Crippen molar-refractivity contribution in [2.24, 2.45) is 10.2 Å². The lowest BCUT2D eigenvalue weighted by atomic mass is 10.1. The molecule has 0 saturated heterocycles. The summed E-state index contributed by atoms with van der Waals surface area (Å²) in [5.41, 5.74) is 1.98. The third-order valence-corrected chi connectivity index (χ3v) is 4.82. The third kappa shape index (κ3) is 4.97. The quantitative estimate of drug-likeness (QED) is 0.180. The van der Waals surface area contributed by atoms with Gasteiger partial charge in [-0.15, -0.1) is 10.2 Å². The van der Waals surface area contributed by atoms with Crippen LogP contribution in [-0.2, 0) is 0 Å². The zero-order valence-corrected chi connectivity index (χ0v) is 16.8. The van der Waals surface area contributed by atoms with Crippen molar-refractivity contribution in [3.8, 4) is 6.07 Å². The van der Waals surface area contributed by atoms with E-state index >= 15 is 0 Å². The molecule has 0 spiro atoms. The van der Waals surface area contributed by atoms with Crippen LogP contribution in [0, 0.1) is 21.4 Å². The molecule has 0 unspecified atom stereocenters. The number of nitro benzene ring substituents is 1. The molecule has 0 aliphatic carbocycles. The molecule has 0 amide bonds. The summed E-state index contributed by atoms with van der Waals surface area (Å²) >= 11 is 0. The highest BCUT2D eigenvalue weighted by Crippen LogP contribution is 2.33. The Morgan fingerprint density at radius 2 is 1.73 bits per heavy atom. The Hall–Kier alpha value is -3.79. The van der Waals surface area contributed by atoms with E-state index in [9.17, 15) is 15.4 Å². The van der Waals surface area contributed by atoms with Crippen molar-refractivity contribution in [3.63, 3.8) is 0 Å². The van der Waals surface area contributed by atoms with E-state index in [4.69, 9.17) is 0 Å². The molecule has 7 heteroatoms. The van der Waals surface area contributed by atoms with Gasteiger partial charge >= 0.3 is 0 Å². The van der Waals surface area contributed by atoms with E-state index in [0.29, 0.717) is 11.4 Å². The van der Waals surface area contributed by atoms with Crippen LogP contribution in [0.25, 0.3) is 10.8 Å². The van der Waals surface area contributed by atoms with E-state index in [1.807, 2.05) is 42.5 Å². The second kappa shape index (κ2) is 10.1. The fraction of sp³-hybridized carbons (Fsp3) is 0.261. The number of benzene rings is 3. The van der Waals surface area contributed by atoms with Gasteiger partial charge in [0, 0.05) is 35.1 Å². The predicted molar refractivity (Wildman–Crippen MR) is 119 cm³/mol. The van der Waals surface area contributed by atoms with Crippen LogP contribution in [0.2, 0.25) is 0 Å². The van der Waals surface area contributed by atoms with Crippen LogP contribution in [0.1, 0.15) is 38.2 Å². The van der Waals surface area contributed by atoms with Gasteiger partial charge in [0.2, 0.25) is 0 Å². The van der Waals surface area contributed by atoms with Crippen molar-refractivity contribution < 1.29 is 4.92 Å². The Labute approximate surface area is 175 Å². The van der Waals surface area contributed by atoms with E-state index in [1.54, 1.807) is 0 Å². The first-order chi connectivity index (χ1) is 14.6. The van der Waals surface area contributed by atoms with Gasteiger partial charge in [-0.1, -0.05) is 50.5 Å². The SMILES string of the molecule is CCCCCCNc1ccc(N=Nc2ccc([N+](=O)[O-])cc2C#N)c2ccccc12. The molecule has 1 N–H and O–H groups in total. The number of rotatable bonds is 9. The number of azo groups is 1. The molecule has 30 heavy (non-hydrogen) atoms. The fourth-order valence-electron chi connectivity index (χ4n) is 3.22. The first-order valence-electron chi connectivity index (χ1n) is 10.00. The van der Waals surface area contributed by atoms with E-state index in [2.05, 4.69) is 22.5 Å². The number of hydrogen-bond acceptors (Lipinski definition) is 6. The number of unbranched alkanes of at least 4 members (excludes halogenated alkanes) is 3. The van der Waals surface area contributed by atoms with Gasteiger partial charge in [0.15, 0.2) is 0 Å². The lowest BCUT2D eigenvalue weighted by Crippen LogP contribution is -2.01. The highest BCUT2D eigenvalue weighted by Gasteiger charge is 2.11. The molecule has 0 bridgehead atoms. The van der Waals surface area contributed by atoms with Crippen LogP contribution in [0.4, 0.5) is 22.7 Å². The molecule has 0 aliphatic rings. The maximum absolute atomic E-state index is 10.9. The van der Waals surface area contributed by atoms with Gasteiger partial charge in [-0.2, -0.15) is 5.26 Å². The monoisotopic (exact) mass is 401 g/mol. The molecule has 152 valence electrons. The highest BCUT2D eigenvalue weighted by atomic mass is 16.6. The minimum atomic E-state index is -0.538. The summed E-state index contributed by atoms with van der Waals surface area (Å²) in [6, 6.07) is 17.7. The number of nitro groups is 1. The fourth-order valence-corrected chi connectivity index (χ4v) is 3.22. The van der Waals surface area contributed by atoms with Crippen molar-refractivity contribution in [1.82, 2.24) is 0 Å². The summed E-state index contributed by atoms with van der Waals surface area (Å²) in [6.45, 7) is 3.11. The molecule has 7 nitrogen and oxygen atoms in total. The second-order valence-electron chi connectivity index (χ2n) is 6.94. The number of nitrogens with zero attached hydrogens (tertiary/aromatic N) is 4. The Balaban J connectivity index is 1.86. The Morgan fingerprint density at radius 1 is 1.00 bits per heavy atom. The predicted octanol–water partition coefficient (Wildman–Crippen LogP) is 7.03. The van der Waals surface area contributed by atoms with Crippen molar-refractivity contribution in [2.75, 3.05) is 11.9 Å². The summed E-state index contributed by atoms with van der Waals surface area (Å²) in [5.74, 6) is 0. The number of non-ortho nitro benzene ring substituents is 1. The first kappa shape index (κ1) is 20.9. The standard InChI is InChI=1S/C23H23N5O2/c1-2-3-4-7-14-25-22-12-13-23(20-9-6-5-8-19(20)22)27-26-21-11-10-18(28(29)30)15-17(21)16-24/h5-6,8-13,15,25H,2-4,7,14H2,1H3. The summed E-state index contributed by atoms with van der Waals surface area (Å²) in [6.07, 6.45) is 4.80. The normalized spacial score (nSPS) is 10.9. The van der Waals surface area contributed by atoms with E-state index in [0.717, 1.165) is 29.4 Å². The molecule has 0 saturated carbocycles. The van der Waals surface area contributed by atoms with Crippen molar-refractivity contribution >= 4 is 33.5 Å². The maximum Gasteiger partial charge on any atom is 0.270 e. The van der Waals surface area contributed by atoms with Gasteiger partial charge in [-0.3, -0.25) is 10.1 Å². The molecular formula is C23H23N5O2. The largest absolute Gasteiger partial charge is 0.385 e. The molecular weight excluding hydrogens is 378 g/mol. The minimum absolute atomic E-state index is 0.114. The Bertz CT molecular complexity index is 1120. The number of hydrogen-bond donors (Lipinski definition) is 1. The van der Waals surface area contributed by atoms with E-state index in [1.165, 1.54) is 37.5 Å². The van der Waals surface area contributed by atoms with Gasteiger partial charge in [0.1, 0.15) is 11.8 Å². The van der Waals surface area contributed by atoms with Crippen LogP contribution in [0.15, 0.2) is 64.8 Å². The number of nitriles is 1. The third-order valence-electron chi connectivity index (χ3n) is 4.82. The van der Waals surface area contributed by atoms with Gasteiger partial charge in [-0.05, 0) is 24.6 Å². The van der Waals surface area contributed by atoms with Crippen LogP contribution in [0.5, 0.6) is 0 Å². The van der Waals surface area contributed by atoms with Crippen molar-refractivity contribution in [1.29, 1.82) is 5.26 Å². The molecule has 0 heterocycles. The van der Waals surface area contributed by atoms with Crippen LogP contribution < -0.4 is 5.32 Å². The zero-order valence-electron chi connectivity index (χ0n) is 16.8. The van der Waals surface area contributed by atoms with Crippen LogP contribution in [0.3, 0.4) is 0 Å². The molecule has 0 aromatic heterocycles. The average molecular weight is 401 g/mol. The molecule has 3 aromatic rings. The highest BCUT2D eigenvalue weighted by molar-refractivity contribution is 6.00. The second-order valence-corrected chi connectivity index (χ2v) is 6.94. The van der Waals surface area contributed by atoms with Gasteiger partial charge in [0.25, 0.3) is 5.69 Å². The lowest BCUT2D eigenvalue weighted by molar-refractivity contribution is -0.384. The van der Waals surface area contributed by atoms with Crippen molar-refractivity contribution in [2.45, 2.75) is 32.6 Å². The topological polar surface area (TPSA) is 104 Å². The molecule has 0 atom stereocenters. The van der Waals surface area contributed by atoms with Crippen LogP contribution in [-0.4, -0.2) is 11.5 Å². The lowest BCUT2D eigenvalue weighted by Gasteiger charge is -2.11. The maximum atomic E-state index is 10.9. The molecule has 0 aliphatic heterocycles. The smallest absolute Gasteiger partial charge is 0.270 e. The van der Waals surface area contributed by atoms with E-state index < -0.39 is 4.92 Å². The number of anilines is 1. The summed E-state index contributed by atoms with van der Waals surface area (Å²) in [4.78, 5) is 10.4. The minimum Gasteiger partial charge on any atom is -0.385 e. The molecule has 3 aromatic carbocycles. The Kier molecular flexibility index (Phi) is 7.06. The Morgan fingerprint density at radius 3 is 2.47 bits per heavy atom.